The normalized spacial score (nSPS) is 14.1. The molecule has 0 aliphatic carbocycles. The predicted octanol–water partition coefficient (Wildman–Crippen LogP) is 3.93. The number of carbonyl (C=O) groups excluding carboxylic acids is 1. The molecule has 0 unspecified atom stereocenters. The summed E-state index contributed by atoms with van der Waals surface area (Å²) >= 11 is 0. The number of anilines is 1. The van der Waals surface area contributed by atoms with Gasteiger partial charge in [-0.05, 0) is 50.9 Å². The number of rotatable bonds is 8. The number of hydrogen-bond donors (Lipinski definition) is 1. The Hall–Kier alpha value is -1.17. The van der Waals surface area contributed by atoms with E-state index in [4.69, 9.17) is 15.2 Å². The number of nitrogen functional groups attached to an aromatic ring is 1. The topological polar surface area (TPSA) is 64.8 Å². The molecule has 1 aromatic rings. The molecule has 1 aliphatic heterocycles. The van der Waals surface area contributed by atoms with E-state index in [9.17, 15) is 4.79 Å². The van der Waals surface area contributed by atoms with Gasteiger partial charge >= 0.3 is 5.97 Å². The molecule has 25 heavy (non-hydrogen) atoms. The van der Waals surface area contributed by atoms with Crippen molar-refractivity contribution in [1.82, 2.24) is 4.90 Å². The first-order valence-corrected chi connectivity index (χ1v) is 8.62. The SMILES string of the molecule is CCCOc1cc(N)ccc1C(=O)OCCCN1CCCCC1.Cl.Cl. The van der Waals surface area contributed by atoms with E-state index >= 15 is 0 Å². The van der Waals surface area contributed by atoms with Crippen LogP contribution in [-0.2, 0) is 4.74 Å². The summed E-state index contributed by atoms with van der Waals surface area (Å²) in [6.07, 6.45) is 5.64. The summed E-state index contributed by atoms with van der Waals surface area (Å²) in [6.45, 7) is 6.34. The van der Waals surface area contributed by atoms with Crippen molar-refractivity contribution in [2.45, 2.75) is 39.0 Å². The molecule has 5 nitrogen and oxygen atoms in total. The Bertz CT molecular complexity index is 509. The molecule has 7 heteroatoms. The van der Waals surface area contributed by atoms with Gasteiger partial charge in [-0.3, -0.25) is 0 Å². The van der Waals surface area contributed by atoms with Gasteiger partial charge in [0.25, 0.3) is 0 Å². The maximum Gasteiger partial charge on any atom is 0.341 e. The highest BCUT2D eigenvalue weighted by molar-refractivity contribution is 5.93. The van der Waals surface area contributed by atoms with E-state index in [0.717, 1.165) is 19.4 Å². The molecule has 0 bridgehead atoms. The number of likely N-dealkylation sites (tertiary alicyclic amines) is 1. The average molecular weight is 393 g/mol. The zero-order valence-corrected chi connectivity index (χ0v) is 16.5. The maximum absolute atomic E-state index is 12.2. The van der Waals surface area contributed by atoms with Crippen molar-refractivity contribution in [1.29, 1.82) is 0 Å². The Morgan fingerprint density at radius 3 is 2.56 bits per heavy atom. The van der Waals surface area contributed by atoms with Crippen LogP contribution in [0.1, 0.15) is 49.4 Å². The van der Waals surface area contributed by atoms with Crippen LogP contribution in [0.5, 0.6) is 5.75 Å². The van der Waals surface area contributed by atoms with Crippen LogP contribution >= 0.6 is 24.8 Å². The van der Waals surface area contributed by atoms with Crippen LogP contribution in [0.2, 0.25) is 0 Å². The third kappa shape index (κ3) is 8.17. The zero-order chi connectivity index (χ0) is 16.5. The lowest BCUT2D eigenvalue weighted by Gasteiger charge is -2.26. The van der Waals surface area contributed by atoms with E-state index < -0.39 is 0 Å². The standard InChI is InChI=1S/C18H28N2O3.2ClH/c1-2-12-22-17-14-15(19)7-8-16(17)18(21)23-13-6-11-20-9-4-3-5-10-20;;/h7-8,14H,2-6,9-13,19H2,1H3;2*1H. The summed E-state index contributed by atoms with van der Waals surface area (Å²) in [5.41, 5.74) is 6.80. The lowest BCUT2D eigenvalue weighted by molar-refractivity contribution is 0.0481. The molecule has 0 atom stereocenters. The van der Waals surface area contributed by atoms with Crippen molar-refractivity contribution in [3.63, 3.8) is 0 Å². The second-order valence-corrected chi connectivity index (χ2v) is 6.00. The first kappa shape index (κ1) is 23.8. The summed E-state index contributed by atoms with van der Waals surface area (Å²) in [5.74, 6) is 0.169. The monoisotopic (exact) mass is 392 g/mol. The number of ether oxygens (including phenoxy) is 2. The molecule has 1 aromatic carbocycles. The van der Waals surface area contributed by atoms with Gasteiger partial charge in [0.05, 0.1) is 13.2 Å². The molecule has 144 valence electrons. The summed E-state index contributed by atoms with van der Waals surface area (Å²) < 4.78 is 11.0. The molecule has 0 aromatic heterocycles. The fourth-order valence-electron chi connectivity index (χ4n) is 2.75. The minimum Gasteiger partial charge on any atom is -0.493 e. The van der Waals surface area contributed by atoms with E-state index in [1.807, 2.05) is 6.92 Å². The van der Waals surface area contributed by atoms with Crippen molar-refractivity contribution in [3.8, 4) is 5.75 Å². The van der Waals surface area contributed by atoms with Gasteiger partial charge in [-0.1, -0.05) is 13.3 Å². The molecule has 1 fully saturated rings. The van der Waals surface area contributed by atoms with Gasteiger partial charge < -0.3 is 20.1 Å². The molecule has 0 radical (unpaired) electrons. The van der Waals surface area contributed by atoms with Gasteiger partial charge in [0, 0.05) is 18.3 Å². The molecule has 1 aliphatic rings. The Labute approximate surface area is 163 Å². The highest BCUT2D eigenvalue weighted by atomic mass is 35.5. The smallest absolute Gasteiger partial charge is 0.341 e. The predicted molar refractivity (Wildman–Crippen MR) is 106 cm³/mol. The van der Waals surface area contributed by atoms with E-state index in [2.05, 4.69) is 4.90 Å². The van der Waals surface area contributed by atoms with Crippen LogP contribution in [0.4, 0.5) is 5.69 Å². The number of carbonyl (C=O) groups is 1. The van der Waals surface area contributed by atoms with Crippen LogP contribution in [0.25, 0.3) is 0 Å². The molecule has 2 N–H and O–H groups in total. The number of halogens is 2. The van der Waals surface area contributed by atoms with E-state index in [1.165, 1.54) is 32.4 Å². The minimum absolute atomic E-state index is 0. The number of hydrogen-bond acceptors (Lipinski definition) is 5. The summed E-state index contributed by atoms with van der Waals surface area (Å²) in [7, 11) is 0. The lowest BCUT2D eigenvalue weighted by atomic mass is 10.1. The van der Waals surface area contributed by atoms with Crippen LogP contribution in [-0.4, -0.2) is 43.7 Å². The van der Waals surface area contributed by atoms with Gasteiger partial charge in [-0.2, -0.15) is 0 Å². The van der Waals surface area contributed by atoms with Crippen LogP contribution in [0.15, 0.2) is 18.2 Å². The van der Waals surface area contributed by atoms with E-state index in [-0.39, 0.29) is 30.8 Å². The summed E-state index contributed by atoms with van der Waals surface area (Å²) in [6, 6.07) is 5.05. The van der Waals surface area contributed by atoms with Crippen molar-refractivity contribution in [2.24, 2.45) is 0 Å². The van der Waals surface area contributed by atoms with Gasteiger partial charge in [0.15, 0.2) is 0 Å². The van der Waals surface area contributed by atoms with Crippen molar-refractivity contribution < 1.29 is 14.3 Å². The second kappa shape index (κ2) is 13.1. The second-order valence-electron chi connectivity index (χ2n) is 6.00. The fourth-order valence-corrected chi connectivity index (χ4v) is 2.75. The zero-order valence-electron chi connectivity index (χ0n) is 14.9. The quantitative estimate of drug-likeness (QED) is 0.412. The fraction of sp³-hybridized carbons (Fsp3) is 0.611. The van der Waals surface area contributed by atoms with Crippen LogP contribution in [0, 0.1) is 0 Å². The lowest BCUT2D eigenvalue weighted by Crippen LogP contribution is -2.31. The molecule has 1 saturated heterocycles. The number of nitrogens with zero attached hydrogens (tertiary/aromatic N) is 1. The van der Waals surface area contributed by atoms with E-state index in [0.29, 0.717) is 30.2 Å². The van der Waals surface area contributed by atoms with Crippen molar-refractivity contribution >= 4 is 36.5 Å². The summed E-state index contributed by atoms with van der Waals surface area (Å²) in [4.78, 5) is 14.7. The average Bonchev–Trinajstić information content (AvgIpc) is 2.57. The first-order chi connectivity index (χ1) is 11.2. The third-order valence-electron chi connectivity index (χ3n) is 3.99. The number of esters is 1. The molecule has 0 saturated carbocycles. The Morgan fingerprint density at radius 1 is 1.16 bits per heavy atom. The molecule has 2 rings (SSSR count). The Balaban J connectivity index is 0.00000288. The van der Waals surface area contributed by atoms with E-state index in [1.54, 1.807) is 18.2 Å². The highest BCUT2D eigenvalue weighted by Crippen LogP contribution is 2.23. The van der Waals surface area contributed by atoms with Gasteiger partial charge in [0.1, 0.15) is 11.3 Å². The third-order valence-corrected chi connectivity index (χ3v) is 3.99. The number of nitrogens with two attached hydrogens (primary N) is 1. The van der Waals surface area contributed by atoms with Gasteiger partial charge in [-0.25, -0.2) is 4.79 Å². The first-order valence-electron chi connectivity index (χ1n) is 8.62. The Kier molecular flexibility index (Phi) is 12.5. The van der Waals surface area contributed by atoms with Crippen LogP contribution in [0.3, 0.4) is 0 Å². The largest absolute Gasteiger partial charge is 0.493 e. The van der Waals surface area contributed by atoms with Gasteiger partial charge in [0.2, 0.25) is 0 Å². The molecule has 1 heterocycles. The minimum atomic E-state index is -0.338. The molecular weight excluding hydrogens is 363 g/mol. The maximum atomic E-state index is 12.2. The molecule has 0 amide bonds. The number of benzene rings is 1. The molecular formula is C18H30Cl2N2O3. The van der Waals surface area contributed by atoms with Crippen molar-refractivity contribution in [2.75, 3.05) is 38.6 Å². The molecule has 0 spiro atoms. The van der Waals surface area contributed by atoms with Crippen molar-refractivity contribution in [3.05, 3.63) is 23.8 Å². The highest BCUT2D eigenvalue weighted by Gasteiger charge is 2.15. The Morgan fingerprint density at radius 2 is 1.88 bits per heavy atom. The number of piperidine rings is 1. The van der Waals surface area contributed by atoms with Crippen LogP contribution < -0.4 is 10.5 Å². The van der Waals surface area contributed by atoms with Gasteiger partial charge in [-0.15, -0.1) is 24.8 Å². The summed E-state index contributed by atoms with van der Waals surface area (Å²) in [5, 5.41) is 0.